The lowest BCUT2D eigenvalue weighted by Crippen LogP contribution is -2.70. The first-order valence-corrected chi connectivity index (χ1v) is 11.1. The number of nitrogens with one attached hydrogen (secondary N) is 4. The Morgan fingerprint density at radius 1 is 1.26 bits per heavy atom. The smallest absolute Gasteiger partial charge is 0.242 e. The number of nitrogens with zero attached hydrogens (tertiary/aromatic N) is 5. The van der Waals surface area contributed by atoms with Crippen LogP contribution in [-0.4, -0.2) is 75.6 Å². The highest BCUT2D eigenvalue weighted by Crippen LogP contribution is 2.23. The Labute approximate surface area is 186 Å². The summed E-state index contributed by atoms with van der Waals surface area (Å²) >= 11 is 0. The SMILES string of the molecule is CC(C)CC(C)N(CCN1CC(C)(C)NC(C)(C)C1=O)c1n[c]nc(NNCC[NH])n1. The van der Waals surface area contributed by atoms with Gasteiger partial charge in [-0.25, -0.2) is 5.43 Å². The number of hydrogen-bond acceptors (Lipinski definition) is 8. The summed E-state index contributed by atoms with van der Waals surface area (Å²) in [5.41, 5.74) is 12.2. The minimum absolute atomic E-state index is 0.104. The maximum Gasteiger partial charge on any atom is 0.242 e. The van der Waals surface area contributed by atoms with Crippen molar-refractivity contribution in [1.29, 1.82) is 0 Å². The third-order valence-electron chi connectivity index (χ3n) is 5.23. The first-order valence-electron chi connectivity index (χ1n) is 11.1. The van der Waals surface area contributed by atoms with E-state index in [2.05, 4.69) is 77.0 Å². The Balaban J connectivity index is 2.19. The number of anilines is 2. The molecule has 10 nitrogen and oxygen atoms in total. The van der Waals surface area contributed by atoms with Gasteiger partial charge in [0.2, 0.25) is 24.1 Å². The molecule has 31 heavy (non-hydrogen) atoms. The average Bonchev–Trinajstić information content (AvgIpc) is 2.65. The van der Waals surface area contributed by atoms with E-state index >= 15 is 0 Å². The summed E-state index contributed by atoms with van der Waals surface area (Å²) in [7, 11) is 0. The molecular weight excluding hydrogens is 394 g/mol. The zero-order chi connectivity index (χ0) is 23.2. The number of amides is 1. The molecule has 4 N–H and O–H groups in total. The molecule has 1 aromatic heterocycles. The monoisotopic (exact) mass is 433 g/mol. The first kappa shape index (κ1) is 25.2. The molecule has 1 unspecified atom stereocenters. The molecule has 0 aromatic carbocycles. The first-order chi connectivity index (χ1) is 14.4. The van der Waals surface area contributed by atoms with Crippen molar-refractivity contribution >= 4 is 17.8 Å². The lowest BCUT2D eigenvalue weighted by molar-refractivity contribution is -0.143. The van der Waals surface area contributed by atoms with Crippen molar-refractivity contribution in [2.24, 2.45) is 5.92 Å². The summed E-state index contributed by atoms with van der Waals surface area (Å²) in [6.45, 7) is 17.2. The molecule has 2 rings (SSSR count). The Morgan fingerprint density at radius 2 is 1.97 bits per heavy atom. The van der Waals surface area contributed by atoms with Crippen LogP contribution in [0.15, 0.2) is 0 Å². The number of carbonyl (C=O) groups is 1. The van der Waals surface area contributed by atoms with Gasteiger partial charge >= 0.3 is 0 Å². The van der Waals surface area contributed by atoms with Gasteiger partial charge in [-0.15, -0.1) is 0 Å². The van der Waals surface area contributed by atoms with Crippen LogP contribution in [0.3, 0.4) is 0 Å². The highest BCUT2D eigenvalue weighted by Gasteiger charge is 2.43. The van der Waals surface area contributed by atoms with Crippen LogP contribution in [0.5, 0.6) is 0 Å². The molecule has 2 radical (unpaired) electrons. The van der Waals surface area contributed by atoms with Gasteiger partial charge in [-0.1, -0.05) is 13.8 Å². The van der Waals surface area contributed by atoms with Crippen LogP contribution in [0.4, 0.5) is 11.9 Å². The predicted molar refractivity (Wildman–Crippen MR) is 122 cm³/mol. The van der Waals surface area contributed by atoms with Crippen molar-refractivity contribution in [2.75, 3.05) is 43.0 Å². The molecule has 0 bridgehead atoms. The van der Waals surface area contributed by atoms with Gasteiger partial charge in [0.15, 0.2) is 0 Å². The van der Waals surface area contributed by atoms with Gasteiger partial charge in [-0.05, 0) is 47.0 Å². The summed E-state index contributed by atoms with van der Waals surface area (Å²) in [6, 6.07) is 0.184. The molecule has 0 aliphatic carbocycles. The van der Waals surface area contributed by atoms with E-state index in [4.69, 9.17) is 5.73 Å². The van der Waals surface area contributed by atoms with Crippen LogP contribution >= 0.6 is 0 Å². The molecule has 2 heterocycles. The van der Waals surface area contributed by atoms with Gasteiger partial charge in [0.1, 0.15) is 0 Å². The topological polar surface area (TPSA) is 122 Å². The van der Waals surface area contributed by atoms with Gasteiger partial charge in [0, 0.05) is 44.3 Å². The fourth-order valence-electron chi connectivity index (χ4n) is 4.27. The largest absolute Gasteiger partial charge is 0.338 e. The maximum absolute atomic E-state index is 13.0. The average molecular weight is 434 g/mol. The Bertz CT molecular complexity index is 723. The minimum atomic E-state index is -0.600. The fourth-order valence-corrected chi connectivity index (χ4v) is 4.27. The minimum Gasteiger partial charge on any atom is -0.338 e. The van der Waals surface area contributed by atoms with E-state index in [1.807, 2.05) is 18.7 Å². The van der Waals surface area contributed by atoms with E-state index in [9.17, 15) is 4.79 Å². The molecule has 0 saturated carbocycles. The summed E-state index contributed by atoms with van der Waals surface area (Å²) in [5.74, 6) is 1.51. The summed E-state index contributed by atoms with van der Waals surface area (Å²) < 4.78 is 0. The summed E-state index contributed by atoms with van der Waals surface area (Å²) in [5, 5.41) is 3.44. The van der Waals surface area contributed by atoms with E-state index in [1.165, 1.54) is 0 Å². The van der Waals surface area contributed by atoms with Gasteiger partial charge in [0.25, 0.3) is 0 Å². The predicted octanol–water partition coefficient (Wildman–Crippen LogP) is 1.10. The number of piperazine rings is 1. The highest BCUT2D eigenvalue weighted by molar-refractivity contribution is 5.86. The molecule has 1 amide bonds. The van der Waals surface area contributed by atoms with E-state index in [0.717, 1.165) is 6.42 Å². The lowest BCUT2D eigenvalue weighted by Gasteiger charge is -2.47. The summed E-state index contributed by atoms with van der Waals surface area (Å²) in [6.07, 6.45) is 3.64. The molecule has 1 fully saturated rings. The second kappa shape index (κ2) is 10.5. The zero-order valence-corrected chi connectivity index (χ0v) is 20.0. The van der Waals surface area contributed by atoms with Crippen molar-refractivity contribution < 1.29 is 4.79 Å². The van der Waals surface area contributed by atoms with E-state index in [1.54, 1.807) is 0 Å². The number of rotatable bonds is 11. The molecule has 1 aliphatic heterocycles. The highest BCUT2D eigenvalue weighted by atomic mass is 16.2. The fraction of sp³-hybridized carbons (Fsp3) is 0.810. The van der Waals surface area contributed by atoms with Gasteiger partial charge in [0.05, 0.1) is 5.54 Å². The van der Waals surface area contributed by atoms with Crippen LogP contribution < -0.4 is 26.8 Å². The third-order valence-corrected chi connectivity index (χ3v) is 5.23. The van der Waals surface area contributed by atoms with Gasteiger partial charge in [-0.3, -0.25) is 21.3 Å². The van der Waals surface area contributed by atoms with E-state index in [0.29, 0.717) is 44.0 Å². The normalized spacial score (nSPS) is 18.9. The van der Waals surface area contributed by atoms with Crippen LogP contribution in [0.25, 0.3) is 0 Å². The van der Waals surface area contributed by atoms with Crippen LogP contribution in [0, 0.1) is 12.2 Å². The van der Waals surface area contributed by atoms with Crippen LogP contribution in [0.1, 0.15) is 54.9 Å². The molecule has 1 saturated heterocycles. The van der Waals surface area contributed by atoms with Crippen LogP contribution in [0.2, 0.25) is 0 Å². The Morgan fingerprint density at radius 3 is 2.61 bits per heavy atom. The van der Waals surface area contributed by atoms with Crippen molar-refractivity contribution in [1.82, 2.24) is 36.3 Å². The molecule has 1 aromatic rings. The molecule has 10 heteroatoms. The number of hydrogen-bond donors (Lipinski definition) is 3. The van der Waals surface area contributed by atoms with Crippen molar-refractivity contribution in [2.45, 2.75) is 72.0 Å². The Kier molecular flexibility index (Phi) is 8.56. The quantitative estimate of drug-likeness (QED) is 0.350. The molecule has 1 atom stereocenters. The lowest BCUT2D eigenvalue weighted by atomic mass is 9.90. The second-order valence-electron chi connectivity index (χ2n) is 9.89. The van der Waals surface area contributed by atoms with Crippen molar-refractivity contribution in [3.63, 3.8) is 0 Å². The van der Waals surface area contributed by atoms with Gasteiger partial charge < -0.3 is 9.80 Å². The van der Waals surface area contributed by atoms with E-state index in [-0.39, 0.29) is 24.0 Å². The van der Waals surface area contributed by atoms with Crippen molar-refractivity contribution in [3.05, 3.63) is 6.33 Å². The standard InChI is InChI=1S/C21H39N9O/c1-15(2)12-16(3)30(19-24-14-23-18(26-19)27-25-9-8-22)11-10-29-13-20(4,5)28-21(6,7)17(29)31/h15-16,22,25,28H,8-13H2,1-7H3,(H,23,24,26,27). The molecule has 0 spiro atoms. The third kappa shape index (κ3) is 7.26. The van der Waals surface area contributed by atoms with Crippen molar-refractivity contribution in [3.8, 4) is 0 Å². The zero-order valence-electron chi connectivity index (χ0n) is 20.0. The van der Waals surface area contributed by atoms with Gasteiger partial charge in [-0.2, -0.15) is 15.0 Å². The number of aromatic nitrogens is 3. The molecule has 174 valence electrons. The molecule has 1 aliphatic rings. The maximum atomic E-state index is 13.0. The van der Waals surface area contributed by atoms with Crippen LogP contribution in [-0.2, 0) is 4.79 Å². The number of hydrazine groups is 1. The second-order valence-corrected chi connectivity index (χ2v) is 9.89. The number of carbonyl (C=O) groups excluding carboxylic acids is 1. The van der Waals surface area contributed by atoms with E-state index < -0.39 is 5.54 Å². The molecular formula is C21H39N9O. The summed E-state index contributed by atoms with van der Waals surface area (Å²) in [4.78, 5) is 29.9. The Hall–Kier alpha value is -2.04.